The molecule has 1 aliphatic heterocycles. The van der Waals surface area contributed by atoms with Crippen LogP contribution in [0.2, 0.25) is 0 Å². The van der Waals surface area contributed by atoms with Gasteiger partial charge < -0.3 is 29.6 Å². The summed E-state index contributed by atoms with van der Waals surface area (Å²) in [7, 11) is 0.299. The van der Waals surface area contributed by atoms with E-state index in [0.717, 1.165) is 72.7 Å². The molecule has 3 aromatic carbocycles. The van der Waals surface area contributed by atoms with Gasteiger partial charge in [0.1, 0.15) is 18.2 Å². The Morgan fingerprint density at radius 3 is 2.48 bits per heavy atom. The van der Waals surface area contributed by atoms with Crippen molar-refractivity contribution in [1.29, 1.82) is 0 Å². The van der Waals surface area contributed by atoms with Crippen molar-refractivity contribution in [2.75, 3.05) is 50.2 Å². The summed E-state index contributed by atoms with van der Waals surface area (Å²) in [5.41, 5.74) is 5.64. The standard InChI is InChI=1S/C43H55N5O5S/c1-5-6-25-52-26-27-53-38-16-11-33(12-17-38)34-13-20-40-36(28-34)29-35(9-7-23-48(40)30-32(2)3)43(50)46-37-14-18-39(19-15-37)54(51)31-41-45-21-24-47(41)22-8-10-42(49)44-4/h11-21,24,28-29,32H,5-10,22-23,25-27,30-31H2,1-4H3,(H,44,49)(H,46,50)/b35-29+. The number of nitrogens with zero attached hydrogens (tertiary/aromatic N) is 3. The van der Waals surface area contributed by atoms with Crippen molar-refractivity contribution >= 4 is 40.1 Å². The quantitative estimate of drug-likeness (QED) is 0.0938. The lowest BCUT2D eigenvalue weighted by Gasteiger charge is -2.30. The number of amides is 2. The van der Waals surface area contributed by atoms with Crippen LogP contribution in [0.4, 0.5) is 11.4 Å². The lowest BCUT2D eigenvalue weighted by atomic mass is 9.96. The molecule has 1 atom stereocenters. The Bertz CT molecular complexity index is 1870. The van der Waals surface area contributed by atoms with Crippen LogP contribution < -0.4 is 20.3 Å². The Morgan fingerprint density at radius 1 is 0.963 bits per heavy atom. The molecule has 5 rings (SSSR count). The van der Waals surface area contributed by atoms with Crippen LogP contribution in [0.25, 0.3) is 17.2 Å². The molecule has 1 unspecified atom stereocenters. The van der Waals surface area contributed by atoms with Crippen LogP contribution in [0.15, 0.2) is 89.6 Å². The molecule has 0 aliphatic carbocycles. The molecule has 4 aromatic rings. The smallest absolute Gasteiger partial charge is 0.251 e. The Kier molecular flexibility index (Phi) is 15.5. The molecule has 0 radical (unpaired) electrons. The summed E-state index contributed by atoms with van der Waals surface area (Å²) in [6.45, 7) is 10.9. The number of imidazole rings is 1. The van der Waals surface area contributed by atoms with Crippen molar-refractivity contribution < 1.29 is 23.3 Å². The Hall–Kier alpha value is -4.74. The van der Waals surface area contributed by atoms with Crippen LogP contribution in [-0.4, -0.2) is 65.5 Å². The summed E-state index contributed by atoms with van der Waals surface area (Å²) in [5, 5.41) is 5.72. The second-order valence-electron chi connectivity index (χ2n) is 14.0. The molecule has 0 saturated carbocycles. The zero-order valence-electron chi connectivity index (χ0n) is 32.1. The molecule has 0 saturated heterocycles. The Labute approximate surface area is 322 Å². The van der Waals surface area contributed by atoms with Gasteiger partial charge in [0.15, 0.2) is 0 Å². The zero-order valence-corrected chi connectivity index (χ0v) is 33.0. The first kappa shape index (κ1) is 40.4. The number of anilines is 2. The molecular formula is C43H55N5O5S. The second-order valence-corrected chi connectivity index (χ2v) is 15.5. The van der Waals surface area contributed by atoms with Crippen LogP contribution in [-0.2, 0) is 37.4 Å². The highest BCUT2D eigenvalue weighted by Crippen LogP contribution is 2.33. The predicted molar refractivity (Wildman–Crippen MR) is 218 cm³/mol. The highest BCUT2D eigenvalue weighted by atomic mass is 32.2. The molecule has 54 heavy (non-hydrogen) atoms. The molecule has 10 nitrogen and oxygen atoms in total. The SMILES string of the molecule is CCCCOCCOc1ccc(-c2ccc3c(c2)/C=C(/C(=O)Nc2ccc(S(=O)Cc4nccn4CCCC(=O)NC)cc2)CCCN3CC(C)C)cc1. The molecule has 2 heterocycles. The molecule has 288 valence electrons. The van der Waals surface area contributed by atoms with Crippen molar-refractivity contribution in [2.45, 2.75) is 76.5 Å². The summed E-state index contributed by atoms with van der Waals surface area (Å²) >= 11 is 0. The van der Waals surface area contributed by atoms with Gasteiger partial charge >= 0.3 is 0 Å². The van der Waals surface area contributed by atoms with E-state index in [-0.39, 0.29) is 17.6 Å². The minimum Gasteiger partial charge on any atom is -0.491 e. The molecule has 0 bridgehead atoms. The van der Waals surface area contributed by atoms with E-state index in [1.54, 1.807) is 37.5 Å². The van der Waals surface area contributed by atoms with Gasteiger partial charge in [0.25, 0.3) is 5.91 Å². The Balaban J connectivity index is 1.26. The second kappa shape index (κ2) is 20.6. The van der Waals surface area contributed by atoms with Crippen molar-refractivity contribution in [3.63, 3.8) is 0 Å². The third-order valence-corrected chi connectivity index (χ3v) is 10.6. The number of nitrogens with one attached hydrogen (secondary N) is 2. The molecule has 1 aliphatic rings. The van der Waals surface area contributed by atoms with E-state index in [9.17, 15) is 13.8 Å². The summed E-state index contributed by atoms with van der Waals surface area (Å²) in [5.74, 6) is 2.12. The van der Waals surface area contributed by atoms with Crippen molar-refractivity contribution in [2.24, 2.45) is 5.92 Å². The van der Waals surface area contributed by atoms with Gasteiger partial charge in [0.05, 0.1) is 23.2 Å². The first-order valence-electron chi connectivity index (χ1n) is 19.1. The van der Waals surface area contributed by atoms with E-state index in [4.69, 9.17) is 9.47 Å². The molecular weight excluding hydrogens is 699 g/mol. The van der Waals surface area contributed by atoms with Gasteiger partial charge in [-0.1, -0.05) is 45.4 Å². The number of ether oxygens (including phenoxy) is 2. The van der Waals surface area contributed by atoms with Crippen LogP contribution in [0, 0.1) is 5.92 Å². The average Bonchev–Trinajstić information content (AvgIpc) is 3.61. The number of aryl methyl sites for hydroxylation is 1. The summed E-state index contributed by atoms with van der Waals surface area (Å²) in [6, 6.07) is 21.8. The molecule has 2 N–H and O–H groups in total. The van der Waals surface area contributed by atoms with Gasteiger partial charge in [-0.25, -0.2) is 4.98 Å². The van der Waals surface area contributed by atoms with Crippen LogP contribution in [0.3, 0.4) is 0 Å². The summed E-state index contributed by atoms with van der Waals surface area (Å²) in [6.07, 6.45) is 10.4. The molecule has 0 fully saturated rings. The largest absolute Gasteiger partial charge is 0.491 e. The van der Waals surface area contributed by atoms with Crippen molar-refractivity contribution in [3.05, 3.63) is 96.1 Å². The van der Waals surface area contributed by atoms with Crippen molar-refractivity contribution in [3.8, 4) is 16.9 Å². The summed E-state index contributed by atoms with van der Waals surface area (Å²) in [4.78, 5) is 32.8. The lowest BCUT2D eigenvalue weighted by Crippen LogP contribution is -2.30. The van der Waals surface area contributed by atoms with Gasteiger partial charge in [0.2, 0.25) is 5.91 Å². The predicted octanol–water partition coefficient (Wildman–Crippen LogP) is 7.86. The summed E-state index contributed by atoms with van der Waals surface area (Å²) < 4.78 is 26.7. The van der Waals surface area contributed by atoms with Crippen LogP contribution in [0.1, 0.15) is 70.7 Å². The lowest BCUT2D eigenvalue weighted by molar-refractivity contribution is -0.120. The normalized spacial score (nSPS) is 14.4. The number of fused-ring (bicyclic) bond motifs is 1. The molecule has 0 spiro atoms. The molecule has 1 aromatic heterocycles. The van der Waals surface area contributed by atoms with Gasteiger partial charge in [-0.3, -0.25) is 13.8 Å². The number of carbonyl (C=O) groups excluding carboxylic acids is 2. The third kappa shape index (κ3) is 11.9. The number of benzene rings is 3. The van der Waals surface area contributed by atoms with E-state index in [1.807, 2.05) is 29.0 Å². The van der Waals surface area contributed by atoms with E-state index in [1.165, 1.54) is 0 Å². The zero-order chi connectivity index (χ0) is 38.3. The van der Waals surface area contributed by atoms with Gasteiger partial charge in [-0.15, -0.1) is 0 Å². The fourth-order valence-corrected chi connectivity index (χ4v) is 7.50. The van der Waals surface area contributed by atoms with Crippen LogP contribution in [0.5, 0.6) is 5.75 Å². The maximum Gasteiger partial charge on any atom is 0.251 e. The first-order chi connectivity index (χ1) is 26.2. The number of hydrogen-bond acceptors (Lipinski definition) is 7. The number of aromatic nitrogens is 2. The number of unbranched alkanes of at least 4 members (excludes halogenated alkanes) is 1. The maximum atomic E-state index is 13.8. The number of carbonyl (C=O) groups is 2. The molecule has 2 amide bonds. The number of hydrogen-bond donors (Lipinski definition) is 2. The fourth-order valence-electron chi connectivity index (χ4n) is 6.42. The first-order valence-corrected chi connectivity index (χ1v) is 20.5. The van der Waals surface area contributed by atoms with Gasteiger partial charge in [-0.2, -0.15) is 0 Å². The monoisotopic (exact) mass is 753 g/mol. The van der Waals surface area contributed by atoms with E-state index in [2.05, 4.69) is 71.6 Å². The average molecular weight is 754 g/mol. The van der Waals surface area contributed by atoms with Crippen LogP contribution >= 0.6 is 0 Å². The number of rotatable bonds is 19. The van der Waals surface area contributed by atoms with E-state index >= 15 is 0 Å². The fraction of sp³-hybridized carbons (Fsp3) is 0.419. The van der Waals surface area contributed by atoms with Gasteiger partial charge in [0, 0.05) is 73.9 Å². The highest BCUT2D eigenvalue weighted by Gasteiger charge is 2.20. The third-order valence-electron chi connectivity index (χ3n) is 9.29. The molecule has 11 heteroatoms. The topological polar surface area (TPSA) is 115 Å². The maximum absolute atomic E-state index is 13.8. The minimum atomic E-state index is -1.33. The van der Waals surface area contributed by atoms with Gasteiger partial charge in [-0.05, 0) is 103 Å². The highest BCUT2D eigenvalue weighted by molar-refractivity contribution is 7.84. The minimum absolute atomic E-state index is 0.00565. The van der Waals surface area contributed by atoms with E-state index in [0.29, 0.717) is 61.3 Å². The van der Waals surface area contributed by atoms with E-state index < -0.39 is 10.8 Å². The Morgan fingerprint density at radius 2 is 1.74 bits per heavy atom. The van der Waals surface area contributed by atoms with Crippen molar-refractivity contribution in [1.82, 2.24) is 14.9 Å².